The number of ether oxygens (including phenoxy) is 1. The zero-order valence-electron chi connectivity index (χ0n) is 18.1. The van der Waals surface area contributed by atoms with Gasteiger partial charge in [-0.1, -0.05) is 6.07 Å². The molecule has 1 aromatic carbocycles. The molecule has 160 valence electrons. The van der Waals surface area contributed by atoms with Crippen molar-refractivity contribution in [3.63, 3.8) is 0 Å². The number of aryl methyl sites for hydroxylation is 2. The fourth-order valence-corrected chi connectivity index (χ4v) is 3.18. The molecule has 2 N–H and O–H groups in total. The lowest BCUT2D eigenvalue weighted by atomic mass is 9.96. The molecule has 1 aliphatic heterocycles. The third-order valence-corrected chi connectivity index (χ3v) is 5.04. The van der Waals surface area contributed by atoms with Crippen LogP contribution in [0.3, 0.4) is 0 Å². The molecular formula is C22H33N3O4. The fourth-order valence-electron chi connectivity index (χ4n) is 3.18. The van der Waals surface area contributed by atoms with E-state index in [0.717, 1.165) is 24.0 Å². The molecule has 1 heterocycles. The highest BCUT2D eigenvalue weighted by Crippen LogP contribution is 2.19. The Bertz CT molecular complexity index is 747. The molecule has 0 aliphatic carbocycles. The number of likely N-dealkylation sites (tertiary alicyclic amines) is 1. The summed E-state index contributed by atoms with van der Waals surface area (Å²) in [6, 6.07) is 5.81. The number of nitrogens with zero attached hydrogens (tertiary/aromatic N) is 1. The predicted octanol–water partition coefficient (Wildman–Crippen LogP) is 2.80. The average molecular weight is 404 g/mol. The van der Waals surface area contributed by atoms with E-state index in [9.17, 15) is 14.4 Å². The SMILES string of the molecule is Cc1ccc(C(=O)N2CCC(CNC(=O)CNC(=O)OC(C)(C)C)CC2)cc1C. The van der Waals surface area contributed by atoms with Crippen LogP contribution in [0.2, 0.25) is 0 Å². The van der Waals surface area contributed by atoms with Crippen LogP contribution in [0.25, 0.3) is 0 Å². The summed E-state index contributed by atoms with van der Waals surface area (Å²) >= 11 is 0. The van der Waals surface area contributed by atoms with Crippen molar-refractivity contribution in [1.29, 1.82) is 0 Å². The third-order valence-electron chi connectivity index (χ3n) is 5.04. The number of hydrogen-bond acceptors (Lipinski definition) is 4. The first-order valence-corrected chi connectivity index (χ1v) is 10.2. The standard InChI is InChI=1S/C22H33N3O4/c1-15-6-7-18(12-16(15)2)20(27)25-10-8-17(9-11-25)13-23-19(26)14-24-21(28)29-22(3,4)5/h6-7,12,17H,8-11,13-14H2,1-5H3,(H,23,26)(H,24,28). The molecular weight excluding hydrogens is 370 g/mol. The Morgan fingerprint density at radius 2 is 1.72 bits per heavy atom. The van der Waals surface area contributed by atoms with Gasteiger partial charge in [0.25, 0.3) is 5.91 Å². The van der Waals surface area contributed by atoms with Crippen LogP contribution in [-0.4, -0.2) is 54.6 Å². The molecule has 0 spiro atoms. The van der Waals surface area contributed by atoms with Gasteiger partial charge < -0.3 is 20.3 Å². The number of nitrogens with one attached hydrogen (secondary N) is 2. The second-order valence-corrected chi connectivity index (χ2v) is 8.69. The number of rotatable bonds is 5. The van der Waals surface area contributed by atoms with E-state index in [0.29, 0.717) is 25.6 Å². The van der Waals surface area contributed by atoms with Crippen molar-refractivity contribution in [2.45, 2.75) is 53.1 Å². The van der Waals surface area contributed by atoms with Gasteiger partial charge in [-0.2, -0.15) is 0 Å². The maximum absolute atomic E-state index is 12.7. The van der Waals surface area contributed by atoms with Crippen LogP contribution in [0, 0.1) is 19.8 Å². The van der Waals surface area contributed by atoms with E-state index in [2.05, 4.69) is 10.6 Å². The summed E-state index contributed by atoms with van der Waals surface area (Å²) in [5.74, 6) is 0.144. The highest BCUT2D eigenvalue weighted by molar-refractivity contribution is 5.94. The van der Waals surface area contributed by atoms with Crippen LogP contribution in [0.5, 0.6) is 0 Å². The lowest BCUT2D eigenvalue weighted by molar-refractivity contribution is -0.120. The highest BCUT2D eigenvalue weighted by Gasteiger charge is 2.24. The van der Waals surface area contributed by atoms with Crippen LogP contribution in [0.15, 0.2) is 18.2 Å². The van der Waals surface area contributed by atoms with Crippen LogP contribution >= 0.6 is 0 Å². The Kier molecular flexibility index (Phi) is 7.65. The molecule has 2 rings (SSSR count). The molecule has 3 amide bonds. The molecule has 1 fully saturated rings. The minimum atomic E-state index is -0.606. The quantitative estimate of drug-likeness (QED) is 0.791. The number of benzene rings is 1. The van der Waals surface area contributed by atoms with Gasteiger partial charge in [0.1, 0.15) is 5.60 Å². The first kappa shape index (κ1) is 22.7. The monoisotopic (exact) mass is 403 g/mol. The Labute approximate surface area is 173 Å². The summed E-state index contributed by atoms with van der Waals surface area (Å²) in [6.45, 7) is 11.1. The molecule has 0 saturated carbocycles. The number of carbonyl (C=O) groups excluding carboxylic acids is 3. The summed E-state index contributed by atoms with van der Waals surface area (Å²) < 4.78 is 5.10. The number of alkyl carbamates (subject to hydrolysis) is 1. The number of carbonyl (C=O) groups is 3. The van der Waals surface area contributed by atoms with Gasteiger partial charge in [0, 0.05) is 25.2 Å². The van der Waals surface area contributed by atoms with Gasteiger partial charge in [-0.05, 0) is 76.6 Å². The number of piperidine rings is 1. The van der Waals surface area contributed by atoms with E-state index in [1.807, 2.05) is 36.9 Å². The Morgan fingerprint density at radius 3 is 2.31 bits per heavy atom. The molecule has 1 aliphatic rings. The smallest absolute Gasteiger partial charge is 0.408 e. The Hall–Kier alpha value is -2.57. The van der Waals surface area contributed by atoms with E-state index in [4.69, 9.17) is 4.74 Å². The summed E-state index contributed by atoms with van der Waals surface area (Å²) in [5.41, 5.74) is 2.43. The summed E-state index contributed by atoms with van der Waals surface area (Å²) in [6.07, 6.45) is 1.08. The van der Waals surface area contributed by atoms with Gasteiger partial charge in [0.05, 0.1) is 6.54 Å². The second kappa shape index (κ2) is 9.76. The number of amides is 3. The van der Waals surface area contributed by atoms with Crippen molar-refractivity contribution in [3.05, 3.63) is 34.9 Å². The minimum absolute atomic E-state index is 0.0668. The number of hydrogen-bond donors (Lipinski definition) is 2. The van der Waals surface area contributed by atoms with Gasteiger partial charge >= 0.3 is 6.09 Å². The molecule has 7 heteroatoms. The van der Waals surface area contributed by atoms with Crippen LogP contribution in [0.1, 0.15) is 55.1 Å². The molecule has 29 heavy (non-hydrogen) atoms. The third kappa shape index (κ3) is 7.40. The van der Waals surface area contributed by atoms with Crippen molar-refractivity contribution in [2.24, 2.45) is 5.92 Å². The Balaban J connectivity index is 1.70. The van der Waals surface area contributed by atoms with Gasteiger partial charge in [-0.25, -0.2) is 4.79 Å². The maximum atomic E-state index is 12.7. The molecule has 1 saturated heterocycles. The first-order valence-electron chi connectivity index (χ1n) is 10.2. The van der Waals surface area contributed by atoms with Gasteiger partial charge in [0.2, 0.25) is 5.91 Å². The summed E-state index contributed by atoms with van der Waals surface area (Å²) in [4.78, 5) is 38.1. The molecule has 0 atom stereocenters. The van der Waals surface area contributed by atoms with E-state index in [-0.39, 0.29) is 18.4 Å². The van der Waals surface area contributed by atoms with Crippen molar-refractivity contribution in [1.82, 2.24) is 15.5 Å². The van der Waals surface area contributed by atoms with E-state index < -0.39 is 11.7 Å². The molecule has 1 aromatic rings. The van der Waals surface area contributed by atoms with E-state index in [1.165, 1.54) is 5.56 Å². The first-order chi connectivity index (χ1) is 13.5. The molecule has 7 nitrogen and oxygen atoms in total. The van der Waals surface area contributed by atoms with E-state index in [1.54, 1.807) is 20.8 Å². The van der Waals surface area contributed by atoms with Crippen molar-refractivity contribution in [2.75, 3.05) is 26.2 Å². The molecule has 0 unspecified atom stereocenters. The molecule has 0 bridgehead atoms. The predicted molar refractivity (Wildman–Crippen MR) is 112 cm³/mol. The topological polar surface area (TPSA) is 87.7 Å². The molecule has 0 radical (unpaired) electrons. The van der Waals surface area contributed by atoms with Gasteiger partial charge in [0.15, 0.2) is 0 Å². The zero-order chi connectivity index (χ0) is 21.6. The Morgan fingerprint density at radius 1 is 1.07 bits per heavy atom. The van der Waals surface area contributed by atoms with Crippen molar-refractivity contribution in [3.8, 4) is 0 Å². The normalized spacial score (nSPS) is 15.0. The lowest BCUT2D eigenvalue weighted by Gasteiger charge is -2.32. The summed E-state index contributed by atoms with van der Waals surface area (Å²) in [5, 5.41) is 5.30. The van der Waals surface area contributed by atoms with Crippen molar-refractivity contribution < 1.29 is 19.1 Å². The highest BCUT2D eigenvalue weighted by atomic mass is 16.6. The minimum Gasteiger partial charge on any atom is -0.444 e. The van der Waals surface area contributed by atoms with Crippen LogP contribution < -0.4 is 10.6 Å². The average Bonchev–Trinajstić information content (AvgIpc) is 2.65. The summed E-state index contributed by atoms with van der Waals surface area (Å²) in [7, 11) is 0. The van der Waals surface area contributed by atoms with Gasteiger partial charge in [-0.15, -0.1) is 0 Å². The van der Waals surface area contributed by atoms with Gasteiger partial charge in [-0.3, -0.25) is 9.59 Å². The van der Waals surface area contributed by atoms with Crippen LogP contribution in [0.4, 0.5) is 4.79 Å². The lowest BCUT2D eigenvalue weighted by Crippen LogP contribution is -2.44. The fraction of sp³-hybridized carbons (Fsp3) is 0.591. The van der Waals surface area contributed by atoms with Crippen molar-refractivity contribution >= 4 is 17.9 Å². The largest absolute Gasteiger partial charge is 0.444 e. The second-order valence-electron chi connectivity index (χ2n) is 8.69. The van der Waals surface area contributed by atoms with Crippen LogP contribution in [-0.2, 0) is 9.53 Å². The molecule has 0 aromatic heterocycles. The maximum Gasteiger partial charge on any atom is 0.408 e. The van der Waals surface area contributed by atoms with E-state index >= 15 is 0 Å². The zero-order valence-corrected chi connectivity index (χ0v) is 18.1.